The number of carbonyl (C=O) groups is 2. The average Bonchev–Trinajstić information content (AvgIpc) is 3.68. The number of Topliss-reactive ketones (excluding diaryl/α,β-unsaturated/α-hetero) is 2. The van der Waals surface area contributed by atoms with Crippen LogP contribution in [0.3, 0.4) is 0 Å². The van der Waals surface area contributed by atoms with Gasteiger partial charge in [-0.2, -0.15) is 19.9 Å². The van der Waals surface area contributed by atoms with Crippen molar-refractivity contribution in [3.8, 4) is 28.7 Å². The van der Waals surface area contributed by atoms with E-state index in [-0.39, 0.29) is 72.1 Å². The molecule has 9 rings (SSSR count). The molecule has 85 heavy (non-hydrogen) atoms. The molecule has 1 atom stereocenters. The van der Waals surface area contributed by atoms with Crippen LogP contribution in [0, 0.1) is 0 Å². The number of aromatic hydroxyl groups is 1. The molecule has 0 saturated heterocycles. The van der Waals surface area contributed by atoms with Crippen LogP contribution in [0.2, 0.25) is 31.6 Å². The first-order valence-corrected chi connectivity index (χ1v) is 29.8. The van der Waals surface area contributed by atoms with Crippen LogP contribution in [0.4, 0.5) is 23.3 Å². The fourth-order valence-corrected chi connectivity index (χ4v) is 7.22. The van der Waals surface area contributed by atoms with Crippen LogP contribution >= 0.6 is 133 Å². The van der Waals surface area contributed by atoms with Gasteiger partial charge in [0.05, 0.1) is 56.6 Å². The maximum absolute atomic E-state index is 11.9. The van der Waals surface area contributed by atoms with E-state index >= 15 is 0 Å². The van der Waals surface area contributed by atoms with Crippen molar-refractivity contribution in [2.24, 2.45) is 5.73 Å². The third-order valence-electron chi connectivity index (χ3n) is 9.79. The number of ether oxygens (including phenoxy) is 4. The SMILES string of the molecule is BrB(Br)Br.C.CN.CN1c2nc(Cl)ncc2OCC1c1ccccc1.CNc1nc(Cl)ncc1O.CNc1nc(Cl)ncc1OC.CNc1nc(Cl)ncc1OCC(=O)c1ccccc1.COc1cnc(Cl)nc1Cl.O=C(CBr)c1ccccc1. The minimum Gasteiger partial charge on any atom is -0.503 e. The van der Waals surface area contributed by atoms with Crippen LogP contribution in [0.25, 0.3) is 0 Å². The molecular weight excluding hydrogens is 1490 g/mol. The van der Waals surface area contributed by atoms with Gasteiger partial charge in [0, 0.05) is 39.3 Å². The summed E-state index contributed by atoms with van der Waals surface area (Å²) in [6.07, 6.45) is 7.21. The standard InChI is InChI=1S/C13H12ClN3O2.C13H12ClN3O.C8H7BrO.C6H8ClN3O.C5H4Cl2N2O.C5H6ClN3O.CH5N.CH4.BBr3/c1-15-12-11(7-16-13(14)17-12)19-8-10(18)9-5-3-2-4-6-9;1-17-10(9-5-3-2-4-6-9)8-18-11-7-15-13(14)16-12(11)17;9-6-8(10)7-4-2-1-3-5-7;1-8-5-4(11-2)3-9-6(7)10-5;1-10-3-2-8-5(7)9-4(3)6;1-7-4-3(10)2-8-5(6)9-4;1-2;;2-1(3)4/h2-7H,8H2,1H3,(H,15,16,17);2-7,10H,8H2,1H3;1-5H,6H2;3H,1-2H3,(H,8,9,10);2H,1H3;2,10H,1H3,(H,7,8,9);2H2,1H3;1H4;. The van der Waals surface area contributed by atoms with E-state index in [1.807, 2.05) is 61.6 Å². The number of carbonyl (C=O) groups excluding carboxylic acids is 2. The number of nitrogens with zero attached hydrogens (tertiary/aromatic N) is 11. The second-order valence-corrected chi connectivity index (χ2v) is 24.0. The molecule has 22 nitrogen and oxygen atoms in total. The molecule has 5 aromatic heterocycles. The molecule has 1 aliphatic rings. The third-order valence-corrected chi connectivity index (χ3v) is 11.5. The van der Waals surface area contributed by atoms with Gasteiger partial charge in [-0.1, -0.05) is 126 Å². The van der Waals surface area contributed by atoms with Gasteiger partial charge in [0.1, 0.15) is 6.61 Å². The zero-order valence-corrected chi connectivity index (χ0v) is 56.4. The number of alkyl halides is 1. The Bertz CT molecular complexity index is 3220. The number of nitrogens with one attached hydrogen (secondary N) is 3. The number of benzene rings is 3. The zero-order valence-electron chi connectivity index (χ0n) is 45.5. The number of fused-ring (bicyclic) bond motifs is 1. The van der Waals surface area contributed by atoms with Crippen LogP contribution in [-0.2, 0) is 0 Å². The summed E-state index contributed by atoms with van der Waals surface area (Å²) < 4.78 is 21.1. The third kappa shape index (κ3) is 29.0. The van der Waals surface area contributed by atoms with E-state index in [0.29, 0.717) is 58.0 Å². The first kappa shape index (κ1) is 77.3. The van der Waals surface area contributed by atoms with E-state index in [1.54, 1.807) is 58.7 Å². The fourth-order valence-electron chi connectivity index (χ4n) is 5.99. The molecule has 0 bridgehead atoms. The highest BCUT2D eigenvalue weighted by molar-refractivity contribution is 9.69. The second kappa shape index (κ2) is 43.8. The average molecular weight is 1550 g/mol. The molecule has 6 N–H and O–H groups in total. The van der Waals surface area contributed by atoms with Gasteiger partial charge < -0.3 is 50.6 Å². The second-order valence-electron chi connectivity index (χ2n) is 15.0. The Morgan fingerprint density at radius 2 is 1.02 bits per heavy atom. The summed E-state index contributed by atoms with van der Waals surface area (Å²) in [7, 11) is 11.6. The lowest BCUT2D eigenvalue weighted by Crippen LogP contribution is -2.34. The van der Waals surface area contributed by atoms with Gasteiger partial charge in [0.25, 0.3) is 0 Å². The topological polar surface area (TPSA) is 286 Å². The van der Waals surface area contributed by atoms with E-state index in [0.717, 1.165) is 11.4 Å². The largest absolute Gasteiger partial charge is 0.503 e. The normalized spacial score (nSPS) is 11.0. The summed E-state index contributed by atoms with van der Waals surface area (Å²) in [6.45, 7) is 0.502. The number of anilines is 4. The van der Waals surface area contributed by atoms with Gasteiger partial charge in [-0.15, -0.1) is 47.3 Å². The van der Waals surface area contributed by atoms with Crippen LogP contribution < -0.4 is 45.5 Å². The molecule has 456 valence electrons. The molecule has 0 radical (unpaired) electrons. The molecule has 33 heteroatoms. The Morgan fingerprint density at radius 1 is 0.624 bits per heavy atom. The zero-order chi connectivity index (χ0) is 62.6. The molecule has 0 amide bonds. The highest BCUT2D eigenvalue weighted by Gasteiger charge is 2.28. The monoisotopic (exact) mass is 1540 g/mol. The van der Waals surface area contributed by atoms with Crippen LogP contribution in [-0.4, -0.2) is 138 Å². The molecule has 0 fully saturated rings. The first-order valence-electron chi connectivity index (χ1n) is 23.6. The van der Waals surface area contributed by atoms with Crippen molar-refractivity contribution in [1.82, 2.24) is 49.8 Å². The van der Waals surface area contributed by atoms with Gasteiger partial charge in [-0.3, -0.25) is 9.59 Å². The quantitative estimate of drug-likeness (QED) is 0.0250. The molecule has 0 spiro atoms. The highest BCUT2D eigenvalue weighted by Crippen LogP contribution is 2.36. The van der Waals surface area contributed by atoms with E-state index < -0.39 is 0 Å². The number of likely N-dealkylation sites (N-methyl/N-ethyl adjacent to an activating group) is 1. The van der Waals surface area contributed by atoms with Gasteiger partial charge in [0.2, 0.25) is 26.4 Å². The number of rotatable bonds is 12. The number of nitrogens with two attached hydrogens (primary N) is 1. The van der Waals surface area contributed by atoms with Crippen molar-refractivity contribution in [2.75, 3.05) is 88.9 Å². The van der Waals surface area contributed by atoms with Crippen molar-refractivity contribution in [1.29, 1.82) is 0 Å². The van der Waals surface area contributed by atoms with E-state index in [2.05, 4.69) is 152 Å². The predicted molar refractivity (Wildman–Crippen MR) is 357 cm³/mol. The van der Waals surface area contributed by atoms with Crippen LogP contribution in [0.1, 0.15) is 39.7 Å². The Balaban J connectivity index is 0.000000510. The molecule has 0 saturated carbocycles. The predicted octanol–water partition coefficient (Wildman–Crippen LogP) is 13.6. The van der Waals surface area contributed by atoms with E-state index in [1.165, 1.54) is 44.5 Å². The van der Waals surface area contributed by atoms with Gasteiger partial charge in [-0.05, 0) is 70.6 Å². The smallest absolute Gasteiger partial charge is 0.369 e. The van der Waals surface area contributed by atoms with Gasteiger partial charge in [0.15, 0.2) is 75.3 Å². The summed E-state index contributed by atoms with van der Waals surface area (Å²) >= 11 is 45.9. The van der Waals surface area contributed by atoms with Crippen molar-refractivity contribution in [3.63, 3.8) is 0 Å². The van der Waals surface area contributed by atoms with Crippen molar-refractivity contribution < 1.29 is 33.6 Å². The highest BCUT2D eigenvalue weighted by atomic mass is 79.9. The number of methoxy groups -OCH3 is 2. The van der Waals surface area contributed by atoms with Gasteiger partial charge >= 0.3 is 3.18 Å². The molecular formula is C52H58BBr4Cl6N15O7. The summed E-state index contributed by atoms with van der Waals surface area (Å²) in [5.41, 5.74) is 7.06. The molecule has 1 aliphatic heterocycles. The maximum Gasteiger partial charge on any atom is 0.369 e. The van der Waals surface area contributed by atoms with E-state index in [4.69, 9.17) is 93.7 Å². The van der Waals surface area contributed by atoms with Crippen molar-refractivity contribution in [2.45, 2.75) is 13.5 Å². The fraction of sp³-hybridized carbons (Fsp3) is 0.231. The molecule has 0 aliphatic carbocycles. The van der Waals surface area contributed by atoms with Crippen molar-refractivity contribution >= 4 is 171 Å². The molecule has 6 heterocycles. The Kier molecular flexibility index (Phi) is 39.9. The van der Waals surface area contributed by atoms with Crippen molar-refractivity contribution in [3.05, 3.63) is 170 Å². The van der Waals surface area contributed by atoms with Gasteiger partial charge in [-0.25, -0.2) is 29.9 Å². The minimum absolute atomic E-state index is 0. The summed E-state index contributed by atoms with van der Waals surface area (Å²) in [6, 6.07) is 28.5. The lowest BCUT2D eigenvalue weighted by atomic mass is 10.1. The first-order chi connectivity index (χ1) is 40.3. The Hall–Kier alpha value is -5.72. The molecule has 1 unspecified atom stereocenters. The summed E-state index contributed by atoms with van der Waals surface area (Å²) in [5.74, 6) is 4.17. The van der Waals surface area contributed by atoms with E-state index in [9.17, 15) is 9.59 Å². The number of hydrogen-bond acceptors (Lipinski definition) is 22. The Morgan fingerprint density at radius 3 is 1.48 bits per heavy atom. The van der Waals surface area contributed by atoms with Crippen LogP contribution in [0.5, 0.6) is 28.7 Å². The van der Waals surface area contributed by atoms with Crippen LogP contribution in [0.15, 0.2) is 122 Å². The molecule has 8 aromatic rings. The maximum atomic E-state index is 11.9. The number of hydrogen-bond donors (Lipinski definition) is 5. The minimum atomic E-state index is -0.113. The summed E-state index contributed by atoms with van der Waals surface area (Å²) in [5, 5.41) is 18.7. The number of halogens is 10. The lowest BCUT2D eigenvalue weighted by molar-refractivity contribution is 0.0921. The number of ketones is 2. The lowest BCUT2D eigenvalue weighted by Gasteiger charge is -2.34. The molecule has 3 aromatic carbocycles. The summed E-state index contributed by atoms with van der Waals surface area (Å²) in [4.78, 5) is 63.0. The number of aromatic nitrogens is 10. The Labute approximate surface area is 556 Å².